The summed E-state index contributed by atoms with van der Waals surface area (Å²) in [5.41, 5.74) is 4.85. The van der Waals surface area contributed by atoms with Gasteiger partial charge in [0, 0.05) is 17.8 Å². The number of nitrogens with one attached hydrogen (secondary N) is 1. The molecular formula is C25H30N4O2. The minimum atomic E-state index is -0.0578. The highest BCUT2D eigenvalue weighted by Crippen LogP contribution is 2.26. The molecule has 1 aliphatic rings. The molecule has 1 aliphatic heterocycles. The summed E-state index contributed by atoms with van der Waals surface area (Å²) in [5.74, 6) is 0.785. The monoisotopic (exact) mass is 418 g/mol. The molecular weight excluding hydrogens is 388 g/mol. The number of hydrogen-bond donors (Lipinski definition) is 1. The van der Waals surface area contributed by atoms with Gasteiger partial charge in [-0.05, 0) is 87.8 Å². The summed E-state index contributed by atoms with van der Waals surface area (Å²) in [7, 11) is 1.67. The molecule has 0 saturated carbocycles. The van der Waals surface area contributed by atoms with Crippen molar-refractivity contribution in [2.24, 2.45) is 0 Å². The quantitative estimate of drug-likeness (QED) is 0.629. The molecule has 1 atom stereocenters. The first kappa shape index (κ1) is 21.1. The summed E-state index contributed by atoms with van der Waals surface area (Å²) < 4.78 is 7.18. The van der Waals surface area contributed by atoms with Gasteiger partial charge in [0.05, 0.1) is 24.5 Å². The predicted molar refractivity (Wildman–Crippen MR) is 122 cm³/mol. The standard InChI is InChI=1S/C25H30N4O2/c1-18-16-19(2)29(27-18)22-10-6-21(7-11-22)25(30)26-17-24(28-14-4-5-15-28)20-8-12-23(31-3)13-9-20/h6-13,16,24H,4-5,14-15,17H2,1-3H3,(H,26,30)/t24-/m1/s1. The summed E-state index contributed by atoms with van der Waals surface area (Å²) in [6, 6.07) is 18.0. The number of methoxy groups -OCH3 is 1. The molecule has 6 heteroatoms. The minimum Gasteiger partial charge on any atom is -0.497 e. The lowest BCUT2D eigenvalue weighted by Crippen LogP contribution is -2.36. The van der Waals surface area contributed by atoms with Crippen molar-refractivity contribution in [2.75, 3.05) is 26.7 Å². The summed E-state index contributed by atoms with van der Waals surface area (Å²) in [4.78, 5) is 15.3. The zero-order valence-corrected chi connectivity index (χ0v) is 18.5. The van der Waals surface area contributed by atoms with Gasteiger partial charge in [-0.25, -0.2) is 4.68 Å². The lowest BCUT2D eigenvalue weighted by Gasteiger charge is -2.28. The molecule has 0 bridgehead atoms. The second-order valence-corrected chi connectivity index (χ2v) is 8.13. The van der Waals surface area contributed by atoms with E-state index < -0.39 is 0 Å². The Kier molecular flexibility index (Phi) is 6.37. The first-order valence-electron chi connectivity index (χ1n) is 10.8. The van der Waals surface area contributed by atoms with Crippen LogP contribution in [0.4, 0.5) is 0 Å². The van der Waals surface area contributed by atoms with Crippen LogP contribution < -0.4 is 10.1 Å². The second kappa shape index (κ2) is 9.35. The van der Waals surface area contributed by atoms with Crippen molar-refractivity contribution >= 4 is 5.91 Å². The SMILES string of the molecule is COc1ccc([C@@H](CNC(=O)c2ccc(-n3nc(C)cc3C)cc2)N2CCCC2)cc1. The Hall–Kier alpha value is -3.12. The number of nitrogens with zero attached hydrogens (tertiary/aromatic N) is 3. The van der Waals surface area contributed by atoms with E-state index in [-0.39, 0.29) is 11.9 Å². The Bertz CT molecular complexity index is 1020. The van der Waals surface area contributed by atoms with Gasteiger partial charge in [-0.3, -0.25) is 9.69 Å². The van der Waals surface area contributed by atoms with E-state index in [2.05, 4.69) is 27.4 Å². The second-order valence-electron chi connectivity index (χ2n) is 8.13. The van der Waals surface area contributed by atoms with Gasteiger partial charge in [-0.15, -0.1) is 0 Å². The third-order valence-corrected chi connectivity index (χ3v) is 5.92. The molecule has 0 radical (unpaired) electrons. The molecule has 0 spiro atoms. The highest BCUT2D eigenvalue weighted by Gasteiger charge is 2.24. The van der Waals surface area contributed by atoms with E-state index in [1.807, 2.05) is 61.0 Å². The van der Waals surface area contributed by atoms with Crippen LogP contribution in [0.15, 0.2) is 54.6 Å². The number of aromatic nitrogens is 2. The number of amides is 1. The number of ether oxygens (including phenoxy) is 1. The molecule has 162 valence electrons. The molecule has 6 nitrogen and oxygen atoms in total. The van der Waals surface area contributed by atoms with Crippen molar-refractivity contribution in [3.8, 4) is 11.4 Å². The van der Waals surface area contributed by atoms with Crippen LogP contribution in [0.2, 0.25) is 0 Å². The van der Waals surface area contributed by atoms with Gasteiger partial charge < -0.3 is 10.1 Å². The number of benzene rings is 2. The van der Waals surface area contributed by atoms with Gasteiger partial charge in [0.15, 0.2) is 0 Å². The molecule has 1 saturated heterocycles. The average Bonchev–Trinajstić information content (AvgIpc) is 3.44. The molecule has 1 fully saturated rings. The molecule has 31 heavy (non-hydrogen) atoms. The number of likely N-dealkylation sites (tertiary alicyclic amines) is 1. The average molecular weight is 419 g/mol. The van der Waals surface area contributed by atoms with E-state index >= 15 is 0 Å². The van der Waals surface area contributed by atoms with Crippen molar-refractivity contribution in [3.63, 3.8) is 0 Å². The van der Waals surface area contributed by atoms with Gasteiger partial charge in [-0.2, -0.15) is 5.10 Å². The van der Waals surface area contributed by atoms with Crippen LogP contribution in [-0.2, 0) is 0 Å². The van der Waals surface area contributed by atoms with Crippen LogP contribution in [-0.4, -0.2) is 47.3 Å². The molecule has 4 rings (SSSR count). The lowest BCUT2D eigenvalue weighted by atomic mass is 10.0. The van der Waals surface area contributed by atoms with Gasteiger partial charge in [-0.1, -0.05) is 12.1 Å². The fraction of sp³-hybridized carbons (Fsp3) is 0.360. The van der Waals surface area contributed by atoms with Crippen molar-refractivity contribution < 1.29 is 9.53 Å². The summed E-state index contributed by atoms with van der Waals surface area (Å²) in [6.07, 6.45) is 2.41. The van der Waals surface area contributed by atoms with E-state index in [4.69, 9.17) is 4.74 Å². The van der Waals surface area contributed by atoms with Crippen LogP contribution in [0.1, 0.15) is 46.2 Å². The van der Waals surface area contributed by atoms with E-state index in [9.17, 15) is 4.79 Å². The molecule has 0 unspecified atom stereocenters. The Balaban J connectivity index is 1.45. The van der Waals surface area contributed by atoms with Crippen molar-refractivity contribution in [3.05, 3.63) is 77.1 Å². The first-order valence-corrected chi connectivity index (χ1v) is 10.8. The predicted octanol–water partition coefficient (Wildman–Crippen LogP) is 4.06. The fourth-order valence-corrected chi connectivity index (χ4v) is 4.27. The zero-order valence-electron chi connectivity index (χ0n) is 18.5. The molecule has 2 aromatic carbocycles. The minimum absolute atomic E-state index is 0.0578. The normalized spacial score (nSPS) is 15.1. The number of rotatable bonds is 7. The molecule has 2 heterocycles. The Morgan fingerprint density at radius 2 is 1.74 bits per heavy atom. The highest BCUT2D eigenvalue weighted by atomic mass is 16.5. The van der Waals surface area contributed by atoms with Crippen LogP contribution >= 0.6 is 0 Å². The third kappa shape index (κ3) is 4.80. The van der Waals surface area contributed by atoms with E-state index in [1.165, 1.54) is 18.4 Å². The van der Waals surface area contributed by atoms with E-state index in [0.717, 1.165) is 35.9 Å². The van der Waals surface area contributed by atoms with Crippen molar-refractivity contribution in [2.45, 2.75) is 32.7 Å². The summed E-state index contributed by atoms with van der Waals surface area (Å²) >= 11 is 0. The van der Waals surface area contributed by atoms with Crippen LogP contribution in [0, 0.1) is 13.8 Å². The van der Waals surface area contributed by atoms with Crippen LogP contribution in [0.25, 0.3) is 5.69 Å². The third-order valence-electron chi connectivity index (χ3n) is 5.92. The maximum Gasteiger partial charge on any atom is 0.251 e. The first-order chi connectivity index (χ1) is 15.0. The number of aryl methyl sites for hydroxylation is 2. The Labute approximate surface area is 183 Å². The van der Waals surface area contributed by atoms with E-state index in [1.54, 1.807) is 7.11 Å². The van der Waals surface area contributed by atoms with Gasteiger partial charge in [0.2, 0.25) is 0 Å². The van der Waals surface area contributed by atoms with E-state index in [0.29, 0.717) is 12.1 Å². The molecule has 1 amide bonds. The highest BCUT2D eigenvalue weighted by molar-refractivity contribution is 5.94. The largest absolute Gasteiger partial charge is 0.497 e. The molecule has 1 N–H and O–H groups in total. The fourth-order valence-electron chi connectivity index (χ4n) is 4.27. The number of carbonyl (C=O) groups is 1. The zero-order chi connectivity index (χ0) is 21.8. The maximum absolute atomic E-state index is 12.8. The molecule has 3 aromatic rings. The van der Waals surface area contributed by atoms with Gasteiger partial charge >= 0.3 is 0 Å². The topological polar surface area (TPSA) is 59.4 Å². The molecule has 0 aliphatic carbocycles. The maximum atomic E-state index is 12.8. The Morgan fingerprint density at radius 3 is 2.32 bits per heavy atom. The van der Waals surface area contributed by atoms with Crippen molar-refractivity contribution in [1.82, 2.24) is 20.0 Å². The number of hydrogen-bond acceptors (Lipinski definition) is 4. The summed E-state index contributed by atoms with van der Waals surface area (Å²) in [6.45, 7) is 6.70. The summed E-state index contributed by atoms with van der Waals surface area (Å²) in [5, 5.41) is 7.65. The van der Waals surface area contributed by atoms with Crippen molar-refractivity contribution in [1.29, 1.82) is 0 Å². The Morgan fingerprint density at radius 1 is 1.06 bits per heavy atom. The number of carbonyl (C=O) groups excluding carboxylic acids is 1. The van der Waals surface area contributed by atoms with Crippen LogP contribution in [0.3, 0.4) is 0 Å². The molecule has 1 aromatic heterocycles. The smallest absolute Gasteiger partial charge is 0.251 e. The van der Waals surface area contributed by atoms with Gasteiger partial charge in [0.1, 0.15) is 5.75 Å². The van der Waals surface area contributed by atoms with Gasteiger partial charge in [0.25, 0.3) is 5.91 Å². The van der Waals surface area contributed by atoms with Crippen LogP contribution in [0.5, 0.6) is 5.75 Å². The lowest BCUT2D eigenvalue weighted by molar-refractivity contribution is 0.0938.